The van der Waals surface area contributed by atoms with E-state index >= 15 is 0 Å². The third-order valence-electron chi connectivity index (χ3n) is 5.00. The van der Waals surface area contributed by atoms with Crippen LogP contribution in [0.5, 0.6) is 0 Å². The Morgan fingerprint density at radius 3 is 2.88 bits per heavy atom. The third kappa shape index (κ3) is 4.48. The van der Waals surface area contributed by atoms with Crippen molar-refractivity contribution in [3.8, 4) is 0 Å². The molecule has 3 rings (SSSR count). The summed E-state index contributed by atoms with van der Waals surface area (Å²) in [6, 6.07) is 4.23. The van der Waals surface area contributed by atoms with Crippen LogP contribution in [0.4, 0.5) is 5.82 Å². The first-order valence-corrected chi connectivity index (χ1v) is 9.00. The zero-order valence-corrected chi connectivity index (χ0v) is 15.2. The van der Waals surface area contributed by atoms with E-state index < -0.39 is 0 Å². The van der Waals surface area contributed by atoms with Gasteiger partial charge in [0, 0.05) is 43.6 Å². The van der Waals surface area contributed by atoms with Crippen LogP contribution < -0.4 is 4.90 Å². The third-order valence-corrected chi connectivity index (χ3v) is 5.00. The lowest BCUT2D eigenvalue weighted by atomic mass is 9.77. The van der Waals surface area contributed by atoms with Gasteiger partial charge in [-0.05, 0) is 44.7 Å². The molecule has 3 heterocycles. The van der Waals surface area contributed by atoms with Crippen LogP contribution in [0.25, 0.3) is 0 Å². The average molecular weight is 340 g/mol. The molecule has 0 amide bonds. The summed E-state index contributed by atoms with van der Waals surface area (Å²) in [5.74, 6) is 1.00. The van der Waals surface area contributed by atoms with E-state index in [0.29, 0.717) is 0 Å². The number of hydrogen-bond acceptors (Lipinski definition) is 4. The predicted molar refractivity (Wildman–Crippen MR) is 101 cm³/mol. The molecule has 1 N–H and O–H groups in total. The molecule has 5 nitrogen and oxygen atoms in total. The van der Waals surface area contributed by atoms with Crippen molar-refractivity contribution in [2.45, 2.75) is 39.7 Å². The average Bonchev–Trinajstić information content (AvgIpc) is 3.14. The molecule has 0 saturated carbocycles. The Kier molecular flexibility index (Phi) is 5.53. The smallest absolute Gasteiger partial charge is 0.128 e. The number of allylic oxidation sites excluding steroid dienone is 2. The molecular formula is C20H28N4O. The van der Waals surface area contributed by atoms with E-state index in [4.69, 9.17) is 0 Å². The van der Waals surface area contributed by atoms with Gasteiger partial charge in [-0.15, -0.1) is 0 Å². The molecule has 0 radical (unpaired) electrons. The molecule has 25 heavy (non-hydrogen) atoms. The van der Waals surface area contributed by atoms with Crippen LogP contribution >= 0.6 is 0 Å². The van der Waals surface area contributed by atoms with Crippen LogP contribution in [-0.2, 0) is 6.54 Å². The molecule has 0 aromatic carbocycles. The monoisotopic (exact) mass is 340 g/mol. The molecule has 2 aromatic rings. The van der Waals surface area contributed by atoms with Crippen molar-refractivity contribution in [3.63, 3.8) is 0 Å². The van der Waals surface area contributed by atoms with Gasteiger partial charge in [0.1, 0.15) is 5.82 Å². The highest BCUT2D eigenvalue weighted by Gasteiger charge is 2.34. The lowest BCUT2D eigenvalue weighted by Gasteiger charge is -2.42. The first-order valence-electron chi connectivity index (χ1n) is 9.00. The van der Waals surface area contributed by atoms with Crippen molar-refractivity contribution < 1.29 is 5.11 Å². The molecule has 1 saturated heterocycles. The molecule has 5 heteroatoms. The molecule has 1 fully saturated rings. The van der Waals surface area contributed by atoms with Crippen molar-refractivity contribution in [1.82, 2.24) is 14.5 Å². The van der Waals surface area contributed by atoms with E-state index in [2.05, 4.69) is 46.9 Å². The van der Waals surface area contributed by atoms with Crippen molar-refractivity contribution in [2.24, 2.45) is 5.41 Å². The lowest BCUT2D eigenvalue weighted by molar-refractivity contribution is 0.108. The quantitative estimate of drug-likeness (QED) is 0.820. The van der Waals surface area contributed by atoms with Gasteiger partial charge in [-0.3, -0.25) is 0 Å². The minimum atomic E-state index is -0.0489. The number of nitrogens with zero attached hydrogens (tertiary/aromatic N) is 4. The number of aromatic nitrogens is 3. The van der Waals surface area contributed by atoms with Gasteiger partial charge in [0.05, 0.1) is 12.9 Å². The molecule has 1 aliphatic heterocycles. The summed E-state index contributed by atoms with van der Waals surface area (Å²) >= 11 is 0. The molecular weight excluding hydrogens is 312 g/mol. The highest BCUT2D eigenvalue weighted by molar-refractivity contribution is 5.40. The number of pyridine rings is 1. The SMILES string of the molecule is CC(C)=CC[C@@]1(CO)CCCN(c2ccc(Cn3ccnc3)cn2)C1. The Labute approximate surface area is 150 Å². The second-order valence-corrected chi connectivity index (χ2v) is 7.43. The van der Waals surface area contributed by atoms with E-state index in [9.17, 15) is 5.11 Å². The number of anilines is 1. The van der Waals surface area contributed by atoms with E-state index in [1.165, 1.54) is 5.57 Å². The van der Waals surface area contributed by atoms with Gasteiger partial charge >= 0.3 is 0 Å². The summed E-state index contributed by atoms with van der Waals surface area (Å²) in [6.07, 6.45) is 12.9. The molecule has 0 spiro atoms. The predicted octanol–water partition coefficient (Wildman–Crippen LogP) is 3.26. The van der Waals surface area contributed by atoms with Gasteiger partial charge in [0.15, 0.2) is 0 Å². The van der Waals surface area contributed by atoms with E-state index in [1.54, 1.807) is 6.20 Å². The summed E-state index contributed by atoms with van der Waals surface area (Å²) in [4.78, 5) is 11.1. The minimum absolute atomic E-state index is 0.0489. The fraction of sp³-hybridized carbons (Fsp3) is 0.500. The van der Waals surface area contributed by atoms with Crippen LogP contribution in [0.15, 0.2) is 48.7 Å². The Bertz CT molecular complexity index is 689. The number of rotatable bonds is 6. The summed E-state index contributed by atoms with van der Waals surface area (Å²) in [7, 11) is 0. The standard InChI is InChI=1S/C20H28N4O/c1-17(2)6-8-20(15-25)7-3-10-24(14-20)19-5-4-18(12-22-19)13-23-11-9-21-16-23/h4-6,9,11-12,16,25H,3,7-8,10,13-15H2,1-2H3/t20-/m0/s1. The summed E-state index contributed by atoms with van der Waals surface area (Å²) in [5.41, 5.74) is 2.43. The zero-order chi connectivity index (χ0) is 17.7. The van der Waals surface area contributed by atoms with Crippen LogP contribution in [-0.4, -0.2) is 39.3 Å². The van der Waals surface area contributed by atoms with Crippen LogP contribution in [0.3, 0.4) is 0 Å². The zero-order valence-electron chi connectivity index (χ0n) is 15.2. The van der Waals surface area contributed by atoms with Crippen LogP contribution in [0, 0.1) is 5.41 Å². The van der Waals surface area contributed by atoms with E-state index in [0.717, 1.165) is 50.3 Å². The maximum Gasteiger partial charge on any atom is 0.128 e. The van der Waals surface area contributed by atoms with Crippen molar-refractivity contribution in [1.29, 1.82) is 0 Å². The second-order valence-electron chi connectivity index (χ2n) is 7.43. The molecule has 1 atom stereocenters. The number of hydrogen-bond donors (Lipinski definition) is 1. The minimum Gasteiger partial charge on any atom is -0.396 e. The van der Waals surface area contributed by atoms with Crippen molar-refractivity contribution in [3.05, 3.63) is 54.3 Å². The van der Waals surface area contributed by atoms with E-state index in [-0.39, 0.29) is 12.0 Å². The Hall–Kier alpha value is -2.14. The van der Waals surface area contributed by atoms with Crippen molar-refractivity contribution in [2.75, 3.05) is 24.6 Å². The van der Waals surface area contributed by atoms with Gasteiger partial charge in [-0.25, -0.2) is 9.97 Å². The Morgan fingerprint density at radius 2 is 2.24 bits per heavy atom. The van der Waals surface area contributed by atoms with Gasteiger partial charge in [-0.1, -0.05) is 17.7 Å². The van der Waals surface area contributed by atoms with Crippen molar-refractivity contribution >= 4 is 5.82 Å². The highest BCUT2D eigenvalue weighted by Crippen LogP contribution is 2.35. The van der Waals surface area contributed by atoms with Gasteiger partial charge < -0.3 is 14.6 Å². The van der Waals surface area contributed by atoms with Gasteiger partial charge in [-0.2, -0.15) is 0 Å². The Morgan fingerprint density at radius 1 is 1.36 bits per heavy atom. The molecule has 0 aliphatic carbocycles. The number of aliphatic hydroxyl groups is 1. The van der Waals surface area contributed by atoms with Gasteiger partial charge in [0.25, 0.3) is 0 Å². The lowest BCUT2D eigenvalue weighted by Crippen LogP contribution is -2.45. The molecule has 0 bridgehead atoms. The maximum atomic E-state index is 10.0. The molecule has 2 aromatic heterocycles. The number of piperidine rings is 1. The molecule has 134 valence electrons. The number of aliphatic hydroxyl groups excluding tert-OH is 1. The fourth-order valence-corrected chi connectivity index (χ4v) is 3.47. The van der Waals surface area contributed by atoms with Gasteiger partial charge in [0.2, 0.25) is 0 Å². The van der Waals surface area contributed by atoms with Crippen LogP contribution in [0.2, 0.25) is 0 Å². The topological polar surface area (TPSA) is 54.2 Å². The summed E-state index contributed by atoms with van der Waals surface area (Å²) < 4.78 is 2.04. The fourth-order valence-electron chi connectivity index (χ4n) is 3.47. The normalized spacial score (nSPS) is 20.5. The first kappa shape index (κ1) is 17.7. The first-order chi connectivity index (χ1) is 12.1. The second kappa shape index (κ2) is 7.83. The largest absolute Gasteiger partial charge is 0.396 e. The number of imidazole rings is 1. The summed E-state index contributed by atoms with van der Waals surface area (Å²) in [5, 5.41) is 10.0. The highest BCUT2D eigenvalue weighted by atomic mass is 16.3. The molecule has 0 unspecified atom stereocenters. The summed E-state index contributed by atoms with van der Waals surface area (Å²) in [6.45, 7) is 7.12. The Balaban J connectivity index is 1.69. The molecule has 1 aliphatic rings. The maximum absolute atomic E-state index is 10.0. The van der Waals surface area contributed by atoms with Crippen LogP contribution in [0.1, 0.15) is 38.7 Å². The van der Waals surface area contributed by atoms with E-state index in [1.807, 2.05) is 23.3 Å².